The van der Waals surface area contributed by atoms with Crippen molar-refractivity contribution in [2.45, 2.75) is 26.2 Å². The molecule has 0 bridgehead atoms. The highest BCUT2D eigenvalue weighted by atomic mass is 79.9. The van der Waals surface area contributed by atoms with Gasteiger partial charge in [-0.1, -0.05) is 35.0 Å². The number of hydrogen-bond acceptors (Lipinski definition) is 3. The van der Waals surface area contributed by atoms with Gasteiger partial charge in [-0.25, -0.2) is 8.42 Å². The number of benzene rings is 1. The van der Waals surface area contributed by atoms with E-state index in [4.69, 9.17) is 0 Å². The first-order chi connectivity index (χ1) is 8.43. The Kier molecular flexibility index (Phi) is 5.81. The summed E-state index contributed by atoms with van der Waals surface area (Å²) in [5.74, 6) is -0.469. The molecule has 1 aromatic rings. The second-order valence-corrected chi connectivity index (χ2v) is 6.73. The molecule has 100 valence electrons. The van der Waals surface area contributed by atoms with Crippen LogP contribution in [0, 0.1) is 0 Å². The Labute approximate surface area is 116 Å². The van der Waals surface area contributed by atoms with Crippen molar-refractivity contribution in [3.8, 4) is 0 Å². The molecule has 1 rings (SSSR count). The van der Waals surface area contributed by atoms with Crippen LogP contribution in [-0.4, -0.2) is 20.1 Å². The minimum absolute atomic E-state index is 0.0168. The van der Waals surface area contributed by atoms with Crippen molar-refractivity contribution in [1.82, 2.24) is 4.72 Å². The average molecular weight is 334 g/mol. The van der Waals surface area contributed by atoms with Gasteiger partial charge in [-0.2, -0.15) is 0 Å². The van der Waals surface area contributed by atoms with Crippen LogP contribution in [0.4, 0.5) is 0 Å². The zero-order valence-corrected chi connectivity index (χ0v) is 12.6. The Balaban J connectivity index is 2.44. The molecule has 0 aliphatic carbocycles. The van der Waals surface area contributed by atoms with E-state index in [1.807, 2.05) is 24.3 Å². The lowest BCUT2D eigenvalue weighted by molar-refractivity contribution is -0.119. The standard InChI is InChI=1S/C12H16BrNO3S/c1-2-9-18(16,17)14-12(15)8-5-10-3-6-11(13)7-4-10/h3-4,6-7H,2,5,8-9H2,1H3,(H,14,15). The summed E-state index contributed by atoms with van der Waals surface area (Å²) in [7, 11) is -3.45. The van der Waals surface area contributed by atoms with Crippen LogP contribution in [0.15, 0.2) is 28.7 Å². The van der Waals surface area contributed by atoms with E-state index in [1.54, 1.807) is 6.92 Å². The van der Waals surface area contributed by atoms with E-state index in [0.717, 1.165) is 10.0 Å². The summed E-state index contributed by atoms with van der Waals surface area (Å²) in [6.07, 6.45) is 1.20. The molecule has 0 aliphatic heterocycles. The number of rotatable bonds is 6. The Morgan fingerprint density at radius 3 is 2.44 bits per heavy atom. The van der Waals surface area contributed by atoms with Crippen LogP contribution in [0.3, 0.4) is 0 Å². The van der Waals surface area contributed by atoms with Crippen LogP contribution in [-0.2, 0) is 21.2 Å². The predicted octanol–water partition coefficient (Wildman–Crippen LogP) is 2.24. The summed E-state index contributed by atoms with van der Waals surface area (Å²) in [4.78, 5) is 11.5. The van der Waals surface area contributed by atoms with Gasteiger partial charge in [-0.15, -0.1) is 0 Å². The van der Waals surface area contributed by atoms with Gasteiger partial charge in [0.1, 0.15) is 0 Å². The maximum Gasteiger partial charge on any atom is 0.234 e. The highest BCUT2D eigenvalue weighted by molar-refractivity contribution is 9.10. The number of carbonyl (C=O) groups excluding carboxylic acids is 1. The number of sulfonamides is 1. The van der Waals surface area contributed by atoms with Gasteiger partial charge in [-0.05, 0) is 30.5 Å². The van der Waals surface area contributed by atoms with Crippen molar-refractivity contribution >= 4 is 31.9 Å². The summed E-state index contributed by atoms with van der Waals surface area (Å²) >= 11 is 3.32. The molecule has 0 atom stereocenters. The van der Waals surface area contributed by atoms with Crippen molar-refractivity contribution in [3.63, 3.8) is 0 Å². The van der Waals surface area contributed by atoms with Crippen LogP contribution in [0.25, 0.3) is 0 Å². The maximum atomic E-state index is 11.5. The van der Waals surface area contributed by atoms with E-state index in [-0.39, 0.29) is 12.2 Å². The minimum Gasteiger partial charge on any atom is -0.274 e. The second-order valence-electron chi connectivity index (χ2n) is 3.97. The van der Waals surface area contributed by atoms with Gasteiger partial charge in [0.05, 0.1) is 5.75 Å². The zero-order valence-electron chi connectivity index (χ0n) is 10.1. The van der Waals surface area contributed by atoms with Crippen LogP contribution in [0.2, 0.25) is 0 Å². The summed E-state index contributed by atoms with van der Waals surface area (Å²) in [6.45, 7) is 1.76. The lowest BCUT2D eigenvalue weighted by atomic mass is 10.1. The van der Waals surface area contributed by atoms with E-state index in [1.165, 1.54) is 0 Å². The molecule has 1 aromatic carbocycles. The van der Waals surface area contributed by atoms with Crippen LogP contribution < -0.4 is 4.72 Å². The van der Waals surface area contributed by atoms with Gasteiger partial charge < -0.3 is 0 Å². The fourth-order valence-corrected chi connectivity index (χ4v) is 2.81. The summed E-state index contributed by atoms with van der Waals surface area (Å²) < 4.78 is 25.8. The van der Waals surface area contributed by atoms with Gasteiger partial charge in [-0.3, -0.25) is 9.52 Å². The highest BCUT2D eigenvalue weighted by Crippen LogP contribution is 2.11. The van der Waals surface area contributed by atoms with Crippen LogP contribution >= 0.6 is 15.9 Å². The molecular formula is C12H16BrNO3S. The minimum atomic E-state index is -3.45. The number of nitrogens with one attached hydrogen (secondary N) is 1. The molecule has 0 saturated heterocycles. The normalized spacial score (nSPS) is 11.2. The van der Waals surface area contributed by atoms with Crippen molar-refractivity contribution in [2.75, 3.05) is 5.75 Å². The molecule has 0 spiro atoms. The number of hydrogen-bond donors (Lipinski definition) is 1. The summed E-state index contributed by atoms with van der Waals surface area (Å²) in [6, 6.07) is 7.58. The van der Waals surface area contributed by atoms with E-state index in [9.17, 15) is 13.2 Å². The largest absolute Gasteiger partial charge is 0.274 e. The smallest absolute Gasteiger partial charge is 0.234 e. The maximum absolute atomic E-state index is 11.5. The van der Waals surface area contributed by atoms with Crippen molar-refractivity contribution in [3.05, 3.63) is 34.3 Å². The number of carbonyl (C=O) groups is 1. The molecule has 4 nitrogen and oxygen atoms in total. The lowest BCUT2D eigenvalue weighted by Gasteiger charge is -2.05. The number of halogens is 1. The molecular weight excluding hydrogens is 318 g/mol. The third-order valence-electron chi connectivity index (χ3n) is 2.30. The molecule has 1 N–H and O–H groups in total. The molecule has 0 saturated carbocycles. The quantitative estimate of drug-likeness (QED) is 0.868. The highest BCUT2D eigenvalue weighted by Gasteiger charge is 2.12. The Morgan fingerprint density at radius 1 is 1.28 bits per heavy atom. The predicted molar refractivity (Wildman–Crippen MR) is 74.7 cm³/mol. The Hall–Kier alpha value is -0.880. The van der Waals surface area contributed by atoms with E-state index in [0.29, 0.717) is 12.8 Å². The Bertz CT molecular complexity index is 497. The molecule has 0 aliphatic rings. The van der Waals surface area contributed by atoms with Gasteiger partial charge in [0.25, 0.3) is 0 Å². The first kappa shape index (κ1) is 15.2. The van der Waals surface area contributed by atoms with E-state index < -0.39 is 15.9 Å². The van der Waals surface area contributed by atoms with E-state index in [2.05, 4.69) is 20.7 Å². The molecule has 6 heteroatoms. The zero-order chi connectivity index (χ0) is 13.6. The van der Waals surface area contributed by atoms with Gasteiger partial charge >= 0.3 is 0 Å². The van der Waals surface area contributed by atoms with Crippen molar-refractivity contribution in [2.24, 2.45) is 0 Å². The summed E-state index contributed by atoms with van der Waals surface area (Å²) in [5.41, 5.74) is 1.00. The molecule has 0 heterocycles. The molecule has 18 heavy (non-hydrogen) atoms. The number of aryl methyl sites for hydroxylation is 1. The third-order valence-corrected chi connectivity index (χ3v) is 4.31. The first-order valence-corrected chi connectivity index (χ1v) is 8.15. The molecule has 0 unspecified atom stereocenters. The van der Waals surface area contributed by atoms with E-state index >= 15 is 0 Å². The fraction of sp³-hybridized carbons (Fsp3) is 0.417. The lowest BCUT2D eigenvalue weighted by Crippen LogP contribution is -2.32. The molecule has 0 fully saturated rings. The van der Waals surface area contributed by atoms with Gasteiger partial charge in [0, 0.05) is 10.9 Å². The molecule has 0 radical (unpaired) electrons. The first-order valence-electron chi connectivity index (χ1n) is 5.70. The SMILES string of the molecule is CCCS(=O)(=O)NC(=O)CCc1ccc(Br)cc1. The van der Waals surface area contributed by atoms with Gasteiger partial charge in [0.15, 0.2) is 0 Å². The van der Waals surface area contributed by atoms with Gasteiger partial charge in [0.2, 0.25) is 15.9 Å². The molecule has 0 aromatic heterocycles. The fourth-order valence-electron chi connectivity index (χ4n) is 1.45. The van der Waals surface area contributed by atoms with Crippen LogP contribution in [0.5, 0.6) is 0 Å². The van der Waals surface area contributed by atoms with Crippen molar-refractivity contribution in [1.29, 1.82) is 0 Å². The van der Waals surface area contributed by atoms with Crippen LogP contribution in [0.1, 0.15) is 25.3 Å². The Morgan fingerprint density at radius 2 is 1.89 bits per heavy atom. The number of amides is 1. The van der Waals surface area contributed by atoms with Crippen molar-refractivity contribution < 1.29 is 13.2 Å². The average Bonchev–Trinajstić information content (AvgIpc) is 2.27. The third kappa shape index (κ3) is 5.64. The summed E-state index contributed by atoms with van der Waals surface area (Å²) in [5, 5.41) is 0. The second kappa shape index (κ2) is 6.89. The monoisotopic (exact) mass is 333 g/mol. The topological polar surface area (TPSA) is 63.2 Å². The molecule has 1 amide bonds.